The topological polar surface area (TPSA) is 59.1 Å². The Bertz CT molecular complexity index is 578. The Kier molecular flexibility index (Phi) is 3.18. The predicted molar refractivity (Wildman–Crippen MR) is 89.5 cm³/mol. The number of hydrogen-bond donors (Lipinski definition) is 1. The number of carbonyl (C=O) groups excluding carboxylic acids is 1. The van der Waals surface area contributed by atoms with Crippen molar-refractivity contribution in [3.63, 3.8) is 0 Å². The number of aliphatic hydroxyl groups is 1. The standard InChI is InChI=1S/C18H28O4Si/c1-17(2,3)23(4,5)22-13-12-10-6-7-11(8-10)18(12,9-19)16(20)15-14(13)21-15/h6-7,10-15,19H,8-9H2,1-5H3/t10-,11+,12+,13-,14+,15+,18+/m0/s1. The van der Waals surface area contributed by atoms with Crippen LogP contribution in [0.2, 0.25) is 18.1 Å². The summed E-state index contributed by atoms with van der Waals surface area (Å²) in [6.07, 6.45) is 4.87. The van der Waals surface area contributed by atoms with Gasteiger partial charge >= 0.3 is 0 Å². The van der Waals surface area contributed by atoms with Gasteiger partial charge in [-0.25, -0.2) is 0 Å². The first-order chi connectivity index (χ1) is 10.6. The van der Waals surface area contributed by atoms with E-state index in [2.05, 4.69) is 46.0 Å². The summed E-state index contributed by atoms with van der Waals surface area (Å²) in [5.41, 5.74) is -0.663. The van der Waals surface area contributed by atoms with Gasteiger partial charge < -0.3 is 14.3 Å². The largest absolute Gasteiger partial charge is 0.411 e. The Morgan fingerprint density at radius 1 is 1.39 bits per heavy atom. The number of ether oxygens (including phenoxy) is 1. The van der Waals surface area contributed by atoms with Gasteiger partial charge in [0.2, 0.25) is 0 Å². The van der Waals surface area contributed by atoms with Crippen molar-refractivity contribution in [1.82, 2.24) is 0 Å². The summed E-state index contributed by atoms with van der Waals surface area (Å²) < 4.78 is 12.5. The minimum atomic E-state index is -1.96. The van der Waals surface area contributed by atoms with E-state index >= 15 is 0 Å². The molecule has 3 fully saturated rings. The van der Waals surface area contributed by atoms with Crippen LogP contribution < -0.4 is 0 Å². The van der Waals surface area contributed by atoms with E-state index in [4.69, 9.17) is 9.16 Å². The molecule has 0 radical (unpaired) electrons. The number of fused-ring (bicyclic) bond motifs is 6. The van der Waals surface area contributed by atoms with E-state index in [0.29, 0.717) is 5.92 Å². The summed E-state index contributed by atoms with van der Waals surface area (Å²) >= 11 is 0. The van der Waals surface area contributed by atoms with Gasteiger partial charge in [0.25, 0.3) is 0 Å². The van der Waals surface area contributed by atoms with Crippen molar-refractivity contribution >= 4 is 14.1 Å². The average Bonchev–Trinajstić information content (AvgIpc) is 3.01. The molecule has 0 spiro atoms. The van der Waals surface area contributed by atoms with Crippen LogP contribution in [-0.4, -0.2) is 44.1 Å². The van der Waals surface area contributed by atoms with E-state index in [-0.39, 0.29) is 47.6 Å². The predicted octanol–water partition coefficient (Wildman–Crippen LogP) is 2.53. The summed E-state index contributed by atoms with van der Waals surface area (Å²) in [6, 6.07) is 0. The minimum Gasteiger partial charge on any atom is -0.411 e. The Labute approximate surface area is 139 Å². The number of epoxide rings is 1. The van der Waals surface area contributed by atoms with Crippen LogP contribution in [0.5, 0.6) is 0 Å². The Morgan fingerprint density at radius 2 is 2.09 bits per heavy atom. The fourth-order valence-corrected chi connectivity index (χ4v) is 6.21. The zero-order valence-corrected chi connectivity index (χ0v) is 15.7. The van der Waals surface area contributed by atoms with E-state index in [9.17, 15) is 9.90 Å². The van der Waals surface area contributed by atoms with Gasteiger partial charge in [0.1, 0.15) is 12.2 Å². The fourth-order valence-electron chi connectivity index (χ4n) is 4.90. The second-order valence-electron chi connectivity index (χ2n) is 9.34. The Balaban J connectivity index is 1.72. The van der Waals surface area contributed by atoms with E-state index in [0.717, 1.165) is 6.42 Å². The van der Waals surface area contributed by atoms with Crippen LogP contribution >= 0.6 is 0 Å². The van der Waals surface area contributed by atoms with Gasteiger partial charge in [-0.3, -0.25) is 4.79 Å². The molecular weight excluding hydrogens is 308 g/mol. The van der Waals surface area contributed by atoms with Crippen LogP contribution in [0.25, 0.3) is 0 Å². The van der Waals surface area contributed by atoms with Crippen LogP contribution in [0, 0.1) is 23.2 Å². The summed E-state index contributed by atoms with van der Waals surface area (Å²) in [4.78, 5) is 12.9. The van der Waals surface area contributed by atoms with Crippen molar-refractivity contribution in [3.8, 4) is 0 Å². The Hall–Kier alpha value is -0.493. The van der Waals surface area contributed by atoms with Crippen molar-refractivity contribution < 1.29 is 19.1 Å². The maximum absolute atomic E-state index is 12.9. The first kappa shape index (κ1) is 16.0. The highest BCUT2D eigenvalue weighted by atomic mass is 28.4. The number of Topliss-reactive ketones (excluding diaryl/α,β-unsaturated/α-hetero) is 1. The SMILES string of the molecule is CC(C)(C)[Si](C)(C)O[C@@H]1[C@H]2O[C@H]2C(=O)[C@@]2(CO)[C@@H]1[C@H]1C=C[C@@H]2C1. The molecule has 2 bridgehead atoms. The number of ketones is 1. The summed E-state index contributed by atoms with van der Waals surface area (Å²) in [7, 11) is -1.96. The first-order valence-corrected chi connectivity index (χ1v) is 11.7. The molecule has 4 aliphatic rings. The third-order valence-electron chi connectivity index (χ3n) is 7.25. The molecule has 1 N–H and O–H groups in total. The molecule has 1 saturated heterocycles. The molecule has 0 amide bonds. The highest BCUT2D eigenvalue weighted by Gasteiger charge is 2.74. The second-order valence-corrected chi connectivity index (χ2v) is 14.1. The summed E-state index contributed by atoms with van der Waals surface area (Å²) in [5.74, 6) is 0.705. The van der Waals surface area contributed by atoms with Crippen molar-refractivity contribution in [2.75, 3.05) is 6.61 Å². The highest BCUT2D eigenvalue weighted by Crippen LogP contribution is 2.64. The maximum atomic E-state index is 12.9. The van der Waals surface area contributed by atoms with Gasteiger partial charge in [0.15, 0.2) is 14.1 Å². The lowest BCUT2D eigenvalue weighted by Crippen LogP contribution is -2.60. The van der Waals surface area contributed by atoms with Crippen LogP contribution in [0.1, 0.15) is 27.2 Å². The minimum absolute atomic E-state index is 0.0503. The third-order valence-corrected chi connectivity index (χ3v) is 11.7. The van der Waals surface area contributed by atoms with Crippen LogP contribution in [0.4, 0.5) is 0 Å². The molecule has 128 valence electrons. The van der Waals surface area contributed by atoms with Gasteiger partial charge in [0, 0.05) is 5.92 Å². The van der Waals surface area contributed by atoms with E-state index in [1.165, 1.54) is 0 Å². The summed E-state index contributed by atoms with van der Waals surface area (Å²) in [6.45, 7) is 11.1. The quantitative estimate of drug-likeness (QED) is 0.489. The third kappa shape index (κ3) is 1.91. The number of rotatable bonds is 3. The smallest absolute Gasteiger partial charge is 0.192 e. The van der Waals surface area contributed by atoms with Gasteiger partial charge in [-0.05, 0) is 36.4 Å². The molecule has 3 aliphatic carbocycles. The van der Waals surface area contributed by atoms with E-state index in [1.54, 1.807) is 0 Å². The molecule has 1 heterocycles. The van der Waals surface area contributed by atoms with Crippen LogP contribution in [0.3, 0.4) is 0 Å². The lowest BCUT2D eigenvalue weighted by molar-refractivity contribution is -0.144. The zero-order chi connectivity index (χ0) is 16.8. The van der Waals surface area contributed by atoms with Gasteiger partial charge in [0.05, 0.1) is 18.1 Å². The highest BCUT2D eigenvalue weighted by molar-refractivity contribution is 6.74. The fraction of sp³-hybridized carbons (Fsp3) is 0.833. The molecule has 0 aromatic carbocycles. The molecular formula is C18H28O4Si. The molecule has 4 nitrogen and oxygen atoms in total. The van der Waals surface area contributed by atoms with Crippen molar-refractivity contribution in [3.05, 3.63) is 12.2 Å². The molecule has 23 heavy (non-hydrogen) atoms. The normalized spacial score (nSPS) is 47.7. The molecule has 0 aromatic rings. The molecule has 0 aromatic heterocycles. The molecule has 5 heteroatoms. The number of aliphatic hydroxyl groups excluding tert-OH is 1. The average molecular weight is 337 g/mol. The molecule has 0 unspecified atom stereocenters. The molecule has 2 saturated carbocycles. The van der Waals surface area contributed by atoms with Crippen molar-refractivity contribution in [2.45, 2.75) is 63.6 Å². The maximum Gasteiger partial charge on any atom is 0.192 e. The van der Waals surface area contributed by atoms with E-state index < -0.39 is 13.7 Å². The monoisotopic (exact) mass is 336 g/mol. The number of carbonyl (C=O) groups is 1. The molecule has 7 atom stereocenters. The molecule has 4 rings (SSSR count). The lowest BCUT2D eigenvalue weighted by Gasteiger charge is -2.48. The zero-order valence-electron chi connectivity index (χ0n) is 14.7. The summed E-state index contributed by atoms with van der Waals surface area (Å²) in [5, 5.41) is 10.3. The number of hydrogen-bond acceptors (Lipinski definition) is 4. The lowest BCUT2D eigenvalue weighted by atomic mass is 9.60. The van der Waals surface area contributed by atoms with Gasteiger partial charge in [-0.2, -0.15) is 0 Å². The van der Waals surface area contributed by atoms with Crippen molar-refractivity contribution in [1.29, 1.82) is 0 Å². The van der Waals surface area contributed by atoms with Gasteiger partial charge in [-0.15, -0.1) is 0 Å². The number of allylic oxidation sites excluding steroid dienone is 2. The van der Waals surface area contributed by atoms with Gasteiger partial charge in [-0.1, -0.05) is 32.9 Å². The Morgan fingerprint density at radius 3 is 2.70 bits per heavy atom. The van der Waals surface area contributed by atoms with Crippen LogP contribution in [0.15, 0.2) is 12.2 Å². The van der Waals surface area contributed by atoms with E-state index in [1.807, 2.05) is 0 Å². The second kappa shape index (κ2) is 4.57. The first-order valence-electron chi connectivity index (χ1n) is 8.80. The van der Waals surface area contributed by atoms with Crippen molar-refractivity contribution in [2.24, 2.45) is 23.2 Å². The molecule has 1 aliphatic heterocycles. The van der Waals surface area contributed by atoms with Crippen LogP contribution in [-0.2, 0) is 14.0 Å².